The number of amides is 1. The zero-order valence-corrected chi connectivity index (χ0v) is 27.1. The number of allylic oxidation sites excluding steroid dienone is 1. The number of aromatic carboxylic acids is 1. The fourth-order valence-electron chi connectivity index (χ4n) is 5.35. The molecular formula is C35H35N3O7S. The second-order valence-electron chi connectivity index (χ2n) is 10.5. The number of thiazole rings is 1. The Hall–Kier alpha value is -5.16. The first-order valence-electron chi connectivity index (χ1n) is 14.8. The minimum absolute atomic E-state index is 0.191. The highest BCUT2D eigenvalue weighted by molar-refractivity contribution is 7.07. The third-order valence-electron chi connectivity index (χ3n) is 7.82. The molecule has 4 aromatic rings. The van der Waals surface area contributed by atoms with Crippen molar-refractivity contribution in [1.82, 2.24) is 9.47 Å². The number of carbonyl (C=O) groups excluding carboxylic acids is 1. The van der Waals surface area contributed by atoms with Gasteiger partial charge in [0.2, 0.25) is 0 Å². The van der Waals surface area contributed by atoms with Crippen molar-refractivity contribution >= 4 is 29.3 Å². The SMILES string of the molecule is CCN(CC)C(=O)C1=C(C)N=c2s/c(=C/c3ccc(OCc4ccc(C(=O)O)cc4)cc3)c(=O)n2[C@@H]1c1cc(OC)ccc1OC. The highest BCUT2D eigenvalue weighted by Gasteiger charge is 2.36. The van der Waals surface area contributed by atoms with Gasteiger partial charge in [-0.3, -0.25) is 14.2 Å². The van der Waals surface area contributed by atoms with Crippen molar-refractivity contribution < 1.29 is 28.9 Å². The number of likely N-dealkylation sites (N-methyl/N-ethyl adjacent to an activating group) is 1. The summed E-state index contributed by atoms with van der Waals surface area (Å²) in [6, 6.07) is 18.4. The van der Waals surface area contributed by atoms with Gasteiger partial charge >= 0.3 is 5.97 Å². The zero-order valence-electron chi connectivity index (χ0n) is 26.3. The Morgan fingerprint density at radius 3 is 2.26 bits per heavy atom. The summed E-state index contributed by atoms with van der Waals surface area (Å²) in [5.41, 5.74) is 3.14. The van der Waals surface area contributed by atoms with E-state index < -0.39 is 12.0 Å². The van der Waals surface area contributed by atoms with Crippen LogP contribution in [0.2, 0.25) is 0 Å². The molecule has 1 aliphatic rings. The Kier molecular flexibility index (Phi) is 9.72. The van der Waals surface area contributed by atoms with Crippen molar-refractivity contribution in [2.45, 2.75) is 33.4 Å². The third-order valence-corrected chi connectivity index (χ3v) is 8.80. The van der Waals surface area contributed by atoms with E-state index in [-0.39, 0.29) is 23.6 Å². The summed E-state index contributed by atoms with van der Waals surface area (Å²) >= 11 is 1.25. The molecule has 1 N–H and O–H groups in total. The molecule has 0 fully saturated rings. The van der Waals surface area contributed by atoms with E-state index in [1.807, 2.05) is 38.1 Å². The fourth-order valence-corrected chi connectivity index (χ4v) is 6.39. The van der Waals surface area contributed by atoms with Gasteiger partial charge in [-0.2, -0.15) is 0 Å². The van der Waals surface area contributed by atoms with Crippen LogP contribution >= 0.6 is 11.3 Å². The lowest BCUT2D eigenvalue weighted by atomic mass is 9.93. The number of ether oxygens (including phenoxy) is 3. The third kappa shape index (κ3) is 6.45. The van der Waals surface area contributed by atoms with E-state index in [9.17, 15) is 14.4 Å². The van der Waals surface area contributed by atoms with E-state index in [1.165, 1.54) is 11.3 Å². The second kappa shape index (κ2) is 13.9. The number of carboxylic acid groups (broad SMARTS) is 1. The fraction of sp³-hybridized carbons (Fsp3) is 0.257. The van der Waals surface area contributed by atoms with Gasteiger partial charge < -0.3 is 24.2 Å². The maximum Gasteiger partial charge on any atom is 0.335 e. The molecule has 0 bridgehead atoms. The van der Waals surface area contributed by atoms with Crippen LogP contribution in [0, 0.1) is 0 Å². The largest absolute Gasteiger partial charge is 0.497 e. The zero-order chi connectivity index (χ0) is 33.0. The first-order valence-corrected chi connectivity index (χ1v) is 15.6. The lowest BCUT2D eigenvalue weighted by molar-refractivity contribution is -0.127. The molecule has 0 radical (unpaired) electrons. The minimum Gasteiger partial charge on any atom is -0.497 e. The van der Waals surface area contributed by atoms with Crippen LogP contribution in [0.1, 0.15) is 53.9 Å². The van der Waals surface area contributed by atoms with Crippen LogP contribution < -0.4 is 29.1 Å². The Morgan fingerprint density at radius 2 is 1.65 bits per heavy atom. The Labute approximate surface area is 270 Å². The van der Waals surface area contributed by atoms with Crippen LogP contribution in [-0.4, -0.2) is 53.8 Å². The minimum atomic E-state index is -0.977. The molecule has 5 rings (SSSR count). The molecule has 1 aromatic heterocycles. The Morgan fingerprint density at radius 1 is 0.978 bits per heavy atom. The molecule has 0 saturated heterocycles. The van der Waals surface area contributed by atoms with Gasteiger partial charge in [-0.05, 0) is 80.4 Å². The Bertz CT molecular complexity index is 1970. The smallest absolute Gasteiger partial charge is 0.335 e. The van der Waals surface area contributed by atoms with Crippen molar-refractivity contribution in [2.24, 2.45) is 4.99 Å². The van der Waals surface area contributed by atoms with E-state index in [0.717, 1.165) is 11.1 Å². The summed E-state index contributed by atoms with van der Waals surface area (Å²) in [6.07, 6.45) is 1.79. The summed E-state index contributed by atoms with van der Waals surface area (Å²) in [6.45, 7) is 6.93. The van der Waals surface area contributed by atoms with Gasteiger partial charge in [-0.15, -0.1) is 0 Å². The summed E-state index contributed by atoms with van der Waals surface area (Å²) in [5.74, 6) is 0.551. The van der Waals surface area contributed by atoms with Gasteiger partial charge in [0.15, 0.2) is 4.80 Å². The van der Waals surface area contributed by atoms with E-state index in [4.69, 9.17) is 24.3 Å². The van der Waals surface area contributed by atoms with Gasteiger partial charge in [0, 0.05) is 18.7 Å². The van der Waals surface area contributed by atoms with Crippen LogP contribution in [0.5, 0.6) is 17.2 Å². The summed E-state index contributed by atoms with van der Waals surface area (Å²) in [5, 5.41) is 9.08. The molecule has 0 spiro atoms. The van der Waals surface area contributed by atoms with Gasteiger partial charge in [-0.1, -0.05) is 35.6 Å². The van der Waals surface area contributed by atoms with E-state index in [0.29, 0.717) is 56.5 Å². The average Bonchev–Trinajstić information content (AvgIpc) is 3.37. The quantitative estimate of drug-likeness (QED) is 0.258. The van der Waals surface area contributed by atoms with Crippen LogP contribution in [0.3, 0.4) is 0 Å². The lowest BCUT2D eigenvalue weighted by Crippen LogP contribution is -2.43. The normalized spacial score (nSPS) is 14.4. The van der Waals surface area contributed by atoms with E-state index in [1.54, 1.807) is 79.2 Å². The maximum atomic E-state index is 14.1. The molecule has 238 valence electrons. The van der Waals surface area contributed by atoms with Crippen molar-refractivity contribution in [3.05, 3.63) is 120 Å². The van der Waals surface area contributed by atoms with E-state index >= 15 is 0 Å². The van der Waals surface area contributed by atoms with Crippen LogP contribution in [0.25, 0.3) is 6.08 Å². The lowest BCUT2D eigenvalue weighted by Gasteiger charge is -2.30. The molecule has 1 atom stereocenters. The molecule has 0 unspecified atom stereocenters. The number of hydrogen-bond acceptors (Lipinski definition) is 8. The van der Waals surface area contributed by atoms with Crippen molar-refractivity contribution in [1.29, 1.82) is 0 Å². The first kappa shape index (κ1) is 32.2. The molecule has 3 aromatic carbocycles. The molecule has 0 saturated carbocycles. The van der Waals surface area contributed by atoms with Crippen LogP contribution in [0.4, 0.5) is 0 Å². The number of carboxylic acids is 1. The number of nitrogens with zero attached hydrogens (tertiary/aromatic N) is 3. The van der Waals surface area contributed by atoms with Gasteiger partial charge in [0.1, 0.15) is 29.9 Å². The Balaban J connectivity index is 1.52. The molecule has 0 aliphatic carbocycles. The molecule has 46 heavy (non-hydrogen) atoms. The van der Waals surface area contributed by atoms with Crippen LogP contribution in [-0.2, 0) is 11.4 Å². The summed E-state index contributed by atoms with van der Waals surface area (Å²) in [7, 11) is 3.12. The molecular weight excluding hydrogens is 606 g/mol. The van der Waals surface area contributed by atoms with Gasteiger partial charge in [0.25, 0.3) is 11.5 Å². The van der Waals surface area contributed by atoms with Crippen molar-refractivity contribution in [2.75, 3.05) is 27.3 Å². The van der Waals surface area contributed by atoms with Crippen LogP contribution in [0.15, 0.2) is 87.8 Å². The first-order chi connectivity index (χ1) is 22.2. The predicted octanol–water partition coefficient (Wildman–Crippen LogP) is 4.40. The van der Waals surface area contributed by atoms with Crippen molar-refractivity contribution in [3.63, 3.8) is 0 Å². The molecule has 10 nitrogen and oxygen atoms in total. The topological polar surface area (TPSA) is 120 Å². The number of rotatable bonds is 11. The number of carbonyl (C=O) groups is 2. The monoisotopic (exact) mass is 641 g/mol. The number of benzene rings is 3. The number of hydrogen-bond donors (Lipinski definition) is 1. The summed E-state index contributed by atoms with van der Waals surface area (Å²) < 4.78 is 19.1. The number of aromatic nitrogens is 1. The number of fused-ring (bicyclic) bond motifs is 1. The predicted molar refractivity (Wildman–Crippen MR) is 175 cm³/mol. The summed E-state index contributed by atoms with van der Waals surface area (Å²) in [4.78, 5) is 46.1. The van der Waals surface area contributed by atoms with Gasteiger partial charge in [0.05, 0.1) is 35.6 Å². The average molecular weight is 642 g/mol. The van der Waals surface area contributed by atoms with Gasteiger partial charge in [-0.25, -0.2) is 9.79 Å². The second-order valence-corrected chi connectivity index (χ2v) is 11.5. The molecule has 1 aliphatic heterocycles. The highest BCUT2D eigenvalue weighted by Crippen LogP contribution is 2.38. The number of methoxy groups -OCH3 is 2. The standard InChI is InChI=1S/C35H35N3O7S/c1-6-37(7-2)33(40)30-21(3)36-35-38(31(30)27-19-26(43-4)16-17-28(27)44-5)32(39)29(46-35)18-22-10-14-25(15-11-22)45-20-23-8-12-24(13-9-23)34(41)42/h8-19,31H,6-7,20H2,1-5H3,(H,41,42)/b29-18+/t31-/m1/s1. The molecule has 1 amide bonds. The highest BCUT2D eigenvalue weighted by atomic mass is 32.1. The van der Waals surface area contributed by atoms with E-state index in [2.05, 4.69) is 0 Å². The maximum absolute atomic E-state index is 14.1. The molecule has 2 heterocycles. The van der Waals surface area contributed by atoms with Crippen molar-refractivity contribution in [3.8, 4) is 17.2 Å². The molecule has 11 heteroatoms.